The second-order valence-electron chi connectivity index (χ2n) is 2.88. The molecule has 1 N–H and O–H groups in total. The van der Waals surface area contributed by atoms with E-state index >= 15 is 0 Å². The molecule has 0 radical (unpaired) electrons. The van der Waals surface area contributed by atoms with Gasteiger partial charge in [0.25, 0.3) is 5.91 Å². The molecule has 0 unspecified atom stereocenters. The van der Waals surface area contributed by atoms with Crippen LogP contribution in [0.1, 0.15) is 15.9 Å². The van der Waals surface area contributed by atoms with Gasteiger partial charge in [-0.2, -0.15) is 0 Å². The number of carbonyl (C=O) groups excluding carboxylic acids is 1. The van der Waals surface area contributed by atoms with Gasteiger partial charge in [0, 0.05) is 11.9 Å². The summed E-state index contributed by atoms with van der Waals surface area (Å²) in [6, 6.07) is 5.42. The molecule has 0 aliphatic rings. The van der Waals surface area contributed by atoms with Crippen LogP contribution in [0.5, 0.6) is 0 Å². The van der Waals surface area contributed by atoms with Crippen LogP contribution in [-0.2, 0) is 0 Å². The Morgan fingerprint density at radius 2 is 2.29 bits per heavy atom. The summed E-state index contributed by atoms with van der Waals surface area (Å²) >= 11 is 9.23. The van der Waals surface area contributed by atoms with Crippen molar-refractivity contribution in [1.29, 1.82) is 0 Å². The Morgan fingerprint density at radius 1 is 1.57 bits per heavy atom. The van der Waals surface area contributed by atoms with Crippen LogP contribution in [0.25, 0.3) is 0 Å². The zero-order valence-corrected chi connectivity index (χ0v) is 10.2. The lowest BCUT2D eigenvalue weighted by Crippen LogP contribution is -2.25. The summed E-state index contributed by atoms with van der Waals surface area (Å²) in [5.74, 6) is -0.127. The van der Waals surface area contributed by atoms with E-state index in [-0.39, 0.29) is 5.91 Å². The summed E-state index contributed by atoms with van der Waals surface area (Å²) in [5, 5.41) is 4.01. The van der Waals surface area contributed by atoms with Gasteiger partial charge in [0.1, 0.15) is 0 Å². The quantitative estimate of drug-likeness (QED) is 0.845. The van der Waals surface area contributed by atoms with E-state index in [2.05, 4.69) is 21.2 Å². The van der Waals surface area contributed by atoms with Crippen molar-refractivity contribution >= 4 is 33.4 Å². The number of benzene rings is 1. The van der Waals surface area contributed by atoms with Gasteiger partial charge in [-0.3, -0.25) is 4.79 Å². The van der Waals surface area contributed by atoms with Gasteiger partial charge in [-0.15, -0.1) is 0 Å². The van der Waals surface area contributed by atoms with Crippen molar-refractivity contribution in [2.24, 2.45) is 0 Å². The lowest BCUT2D eigenvalue weighted by atomic mass is 10.1. The molecule has 0 aliphatic carbocycles. The van der Waals surface area contributed by atoms with Crippen LogP contribution < -0.4 is 5.32 Å². The average Bonchev–Trinajstić information content (AvgIpc) is 2.18. The molecule has 0 spiro atoms. The fourth-order valence-electron chi connectivity index (χ4n) is 1.08. The van der Waals surface area contributed by atoms with Crippen molar-refractivity contribution in [2.75, 3.05) is 11.9 Å². The second-order valence-corrected chi connectivity index (χ2v) is 4.05. The molecular formula is C10H11BrClNO. The van der Waals surface area contributed by atoms with Crippen LogP contribution in [0.3, 0.4) is 0 Å². The molecule has 1 aromatic carbocycles. The normalized spacial score (nSPS) is 9.93. The topological polar surface area (TPSA) is 29.1 Å². The van der Waals surface area contributed by atoms with Gasteiger partial charge >= 0.3 is 0 Å². The van der Waals surface area contributed by atoms with Crippen molar-refractivity contribution < 1.29 is 4.79 Å². The minimum Gasteiger partial charge on any atom is -0.351 e. The number of nitrogens with one attached hydrogen (secondary N) is 1. The number of halogens is 2. The van der Waals surface area contributed by atoms with Crippen molar-refractivity contribution in [1.82, 2.24) is 5.32 Å². The fourth-order valence-corrected chi connectivity index (χ4v) is 1.49. The monoisotopic (exact) mass is 275 g/mol. The third-order valence-electron chi connectivity index (χ3n) is 1.82. The molecule has 14 heavy (non-hydrogen) atoms. The Hall–Kier alpha value is -0.540. The van der Waals surface area contributed by atoms with Crippen LogP contribution in [0.4, 0.5) is 0 Å². The molecule has 4 heteroatoms. The van der Waals surface area contributed by atoms with E-state index in [0.29, 0.717) is 17.1 Å². The molecule has 2 nitrogen and oxygen atoms in total. The van der Waals surface area contributed by atoms with Crippen LogP contribution in [-0.4, -0.2) is 17.8 Å². The maximum absolute atomic E-state index is 11.6. The van der Waals surface area contributed by atoms with Crippen molar-refractivity contribution in [2.45, 2.75) is 6.92 Å². The standard InChI is InChI=1S/C10H11BrClNO/c1-7-3-2-4-8(9(7)12)10(14)13-6-5-11/h2-4H,5-6H2,1H3,(H,13,14). The molecular weight excluding hydrogens is 265 g/mol. The average molecular weight is 277 g/mol. The highest BCUT2D eigenvalue weighted by atomic mass is 79.9. The lowest BCUT2D eigenvalue weighted by Gasteiger charge is -2.06. The summed E-state index contributed by atoms with van der Waals surface area (Å²) < 4.78 is 0. The van der Waals surface area contributed by atoms with E-state index in [4.69, 9.17) is 11.6 Å². The molecule has 1 amide bonds. The summed E-state index contributed by atoms with van der Waals surface area (Å²) in [4.78, 5) is 11.6. The van der Waals surface area contributed by atoms with Crippen LogP contribution in [0, 0.1) is 6.92 Å². The van der Waals surface area contributed by atoms with Gasteiger partial charge < -0.3 is 5.32 Å². The smallest absolute Gasteiger partial charge is 0.252 e. The third-order valence-corrected chi connectivity index (χ3v) is 2.71. The van der Waals surface area contributed by atoms with Gasteiger partial charge in [0.15, 0.2) is 0 Å². The maximum Gasteiger partial charge on any atom is 0.252 e. The Balaban J connectivity index is 2.84. The number of alkyl halides is 1. The van der Waals surface area contributed by atoms with E-state index in [0.717, 1.165) is 10.9 Å². The van der Waals surface area contributed by atoms with E-state index in [1.165, 1.54) is 0 Å². The Kier molecular flexibility index (Phi) is 4.42. The molecule has 1 aromatic rings. The number of hydrogen-bond donors (Lipinski definition) is 1. The maximum atomic E-state index is 11.6. The predicted molar refractivity (Wildman–Crippen MR) is 62.3 cm³/mol. The third kappa shape index (κ3) is 2.72. The number of aryl methyl sites for hydroxylation is 1. The lowest BCUT2D eigenvalue weighted by molar-refractivity contribution is 0.0956. The van der Waals surface area contributed by atoms with Crippen molar-refractivity contribution in [3.8, 4) is 0 Å². The first kappa shape index (κ1) is 11.5. The van der Waals surface area contributed by atoms with Crippen molar-refractivity contribution in [3.63, 3.8) is 0 Å². The van der Waals surface area contributed by atoms with E-state index < -0.39 is 0 Å². The summed E-state index contributed by atoms with van der Waals surface area (Å²) in [7, 11) is 0. The fraction of sp³-hybridized carbons (Fsp3) is 0.300. The van der Waals surface area contributed by atoms with E-state index in [9.17, 15) is 4.79 Å². The Bertz CT molecular complexity index is 341. The number of rotatable bonds is 3. The number of carbonyl (C=O) groups is 1. The zero-order valence-electron chi connectivity index (χ0n) is 7.81. The first-order valence-electron chi connectivity index (χ1n) is 4.26. The largest absolute Gasteiger partial charge is 0.351 e. The molecule has 0 bridgehead atoms. The molecule has 0 aromatic heterocycles. The van der Waals surface area contributed by atoms with Crippen LogP contribution in [0.2, 0.25) is 5.02 Å². The van der Waals surface area contributed by atoms with Gasteiger partial charge in [-0.1, -0.05) is 39.7 Å². The highest BCUT2D eigenvalue weighted by molar-refractivity contribution is 9.09. The highest BCUT2D eigenvalue weighted by Crippen LogP contribution is 2.19. The van der Waals surface area contributed by atoms with E-state index in [1.807, 2.05) is 19.1 Å². The molecule has 0 fully saturated rings. The van der Waals surface area contributed by atoms with Crippen molar-refractivity contribution in [3.05, 3.63) is 34.3 Å². The molecule has 1 rings (SSSR count). The van der Waals surface area contributed by atoms with Crippen LogP contribution in [0.15, 0.2) is 18.2 Å². The SMILES string of the molecule is Cc1cccc(C(=O)NCCBr)c1Cl. The molecule has 0 atom stereocenters. The van der Waals surface area contributed by atoms with Crippen LogP contribution >= 0.6 is 27.5 Å². The van der Waals surface area contributed by atoms with Gasteiger partial charge in [0.2, 0.25) is 0 Å². The molecule has 0 saturated heterocycles. The van der Waals surface area contributed by atoms with Gasteiger partial charge in [-0.05, 0) is 18.6 Å². The Morgan fingerprint density at radius 3 is 2.93 bits per heavy atom. The van der Waals surface area contributed by atoms with Gasteiger partial charge in [0.05, 0.1) is 10.6 Å². The molecule has 0 saturated carbocycles. The second kappa shape index (κ2) is 5.37. The highest BCUT2D eigenvalue weighted by Gasteiger charge is 2.10. The minimum absolute atomic E-state index is 0.127. The minimum atomic E-state index is -0.127. The zero-order chi connectivity index (χ0) is 10.6. The first-order valence-corrected chi connectivity index (χ1v) is 5.76. The Labute approximate surface area is 96.8 Å². The number of hydrogen-bond acceptors (Lipinski definition) is 1. The molecule has 76 valence electrons. The van der Waals surface area contributed by atoms with E-state index in [1.54, 1.807) is 6.07 Å². The summed E-state index contributed by atoms with van der Waals surface area (Å²) in [6.45, 7) is 2.48. The van der Waals surface area contributed by atoms with Gasteiger partial charge in [-0.25, -0.2) is 0 Å². The summed E-state index contributed by atoms with van der Waals surface area (Å²) in [6.07, 6.45) is 0. The first-order chi connectivity index (χ1) is 6.66. The number of amides is 1. The predicted octanol–water partition coefficient (Wildman–Crippen LogP) is 2.77. The molecule has 0 aliphatic heterocycles. The summed E-state index contributed by atoms with van der Waals surface area (Å²) in [5.41, 5.74) is 1.45. The molecule has 0 heterocycles.